The lowest BCUT2D eigenvalue weighted by Crippen LogP contribution is -2.61. The molecule has 1 heterocycles. The Hall–Kier alpha value is -7.17. The molecule has 23 nitrogen and oxygen atoms in total. The van der Waals surface area contributed by atoms with Crippen LogP contribution in [0, 0.1) is 59.2 Å². The second kappa shape index (κ2) is 40.3. The number of benzene rings is 1. The third kappa shape index (κ3) is 25.8. The van der Waals surface area contributed by atoms with Crippen molar-refractivity contribution in [1.82, 2.24) is 39.6 Å². The van der Waals surface area contributed by atoms with E-state index in [-0.39, 0.29) is 100 Å². The number of amides is 8. The minimum atomic E-state index is -1.61. The van der Waals surface area contributed by atoms with Gasteiger partial charge in [0.2, 0.25) is 47.3 Å². The summed E-state index contributed by atoms with van der Waals surface area (Å²) in [6, 6.07) is -1.29. The highest BCUT2D eigenvalue weighted by molar-refractivity contribution is 6.00. The van der Waals surface area contributed by atoms with Gasteiger partial charge in [-0.1, -0.05) is 134 Å². The summed E-state index contributed by atoms with van der Waals surface area (Å²) < 4.78 is 0. The van der Waals surface area contributed by atoms with Crippen molar-refractivity contribution in [3.05, 3.63) is 41.5 Å². The molecule has 0 radical (unpaired) electrons. The molecule has 0 spiro atoms. The smallest absolute Gasteiger partial charge is 0.303 e. The zero-order valence-electron chi connectivity index (χ0n) is 64.3. The Morgan fingerprint density at radius 1 is 0.535 bits per heavy atom. The minimum Gasteiger partial charge on any atom is -0.481 e. The first-order valence-corrected chi connectivity index (χ1v) is 35.7. The number of aliphatic hydroxyl groups excluding tert-OH is 1. The largest absolute Gasteiger partial charge is 0.481 e. The normalized spacial score (nSPS) is 25.0. The highest BCUT2D eigenvalue weighted by Crippen LogP contribution is 2.30. The van der Waals surface area contributed by atoms with Gasteiger partial charge in [0, 0.05) is 99.2 Å². The number of nitrogens with one attached hydrogen (secondary N) is 1. The number of rotatable bonds is 21. The predicted molar refractivity (Wildman–Crippen MR) is 383 cm³/mol. The number of hydrogen-bond donors (Lipinski definition) is 3. The minimum absolute atomic E-state index is 0.0617. The van der Waals surface area contributed by atoms with Gasteiger partial charge >= 0.3 is 5.97 Å². The van der Waals surface area contributed by atoms with Gasteiger partial charge in [-0.15, -0.1) is 0 Å². The number of Topliss-reactive ketones (excluding diaryl/α,β-unsaturated/α-hetero) is 4. The molecule has 1 aromatic carbocycles. The Balaban J connectivity index is 3.00. The molecule has 0 aliphatic carbocycles. The van der Waals surface area contributed by atoms with Gasteiger partial charge in [-0.05, 0) is 110 Å². The number of likely N-dealkylation sites (N-methyl/N-ethyl adjacent to an activating group) is 7. The maximum atomic E-state index is 15.5. The summed E-state index contributed by atoms with van der Waals surface area (Å²) in [5, 5.41) is 24.4. The molecule has 0 saturated carbocycles. The predicted octanol–water partition coefficient (Wildman–Crippen LogP) is 8.04. The first-order chi connectivity index (χ1) is 45.8. The van der Waals surface area contributed by atoms with E-state index in [2.05, 4.69) is 5.32 Å². The van der Waals surface area contributed by atoms with Crippen molar-refractivity contribution in [2.75, 3.05) is 55.9 Å². The Morgan fingerprint density at radius 3 is 1.46 bits per heavy atom. The van der Waals surface area contributed by atoms with E-state index < -0.39 is 167 Å². The summed E-state index contributed by atoms with van der Waals surface area (Å²) in [5.41, 5.74) is 2.27. The van der Waals surface area contributed by atoms with E-state index in [1.54, 1.807) is 60.6 Å². The Morgan fingerprint density at radius 2 is 0.990 bits per heavy atom. The maximum absolute atomic E-state index is 15.5. The number of aliphatic carboxylic acids is 1. The van der Waals surface area contributed by atoms with E-state index in [4.69, 9.17) is 5.11 Å². The second-order valence-corrected chi connectivity index (χ2v) is 30.7. The zero-order chi connectivity index (χ0) is 76.1. The van der Waals surface area contributed by atoms with E-state index in [0.29, 0.717) is 5.56 Å². The highest BCUT2D eigenvalue weighted by Gasteiger charge is 2.46. The summed E-state index contributed by atoms with van der Waals surface area (Å²) in [4.78, 5) is 195. The van der Waals surface area contributed by atoms with Crippen LogP contribution in [-0.2, 0) is 68.7 Å². The van der Waals surface area contributed by atoms with Crippen molar-refractivity contribution in [1.29, 1.82) is 0 Å². The number of hydrogen-bond acceptors (Lipinski definition) is 14. The SMILES string of the molecule is CC[C@@H]1CC(=O)[C@H]([C@H](O)[C@H](C)C/C=C(/C)c2ccc(CC(=O)CCC(=O)O)cc2)N(C)C(=O)[C@H](C(C)C)N(C)C(=O)[C@H](CC(C)C)N(C)C(=O)[C@H](CC(C)C)N(C)C(=O)[C@@H](C)NC(=O)[C@H](C)CC(=O)[C@H](CC(C)C)N(C)C(=O)[C@H](C(C)C)CC(=O)[C@H](CC(C)C)N(C)C(=O)CN(C)C1=O. The van der Waals surface area contributed by atoms with Crippen LogP contribution in [0.4, 0.5) is 0 Å². The number of carboxylic acid groups (broad SMARTS) is 1. The molecule has 1 aromatic rings. The molecule has 0 bridgehead atoms. The summed E-state index contributed by atoms with van der Waals surface area (Å²) >= 11 is 0. The van der Waals surface area contributed by atoms with Gasteiger partial charge < -0.3 is 49.8 Å². The second-order valence-electron chi connectivity index (χ2n) is 30.7. The topological polar surface area (TPSA) is 297 Å². The van der Waals surface area contributed by atoms with Gasteiger partial charge in [0.05, 0.1) is 31.2 Å². The average molecular weight is 1390 g/mol. The molecule has 8 amide bonds. The van der Waals surface area contributed by atoms with Gasteiger partial charge in [-0.3, -0.25) is 62.3 Å². The van der Waals surface area contributed by atoms with Crippen molar-refractivity contribution >= 4 is 81.9 Å². The lowest BCUT2D eigenvalue weighted by molar-refractivity contribution is -0.157. The molecule has 2 rings (SSSR count). The summed E-state index contributed by atoms with van der Waals surface area (Å²) in [7, 11) is 10.1. The molecule has 1 aliphatic heterocycles. The average Bonchev–Trinajstić information content (AvgIpc) is 0.805. The number of carboxylic acids is 1. The molecule has 23 heteroatoms. The molecule has 1 saturated heterocycles. The summed E-state index contributed by atoms with van der Waals surface area (Å²) in [6.45, 7) is 29.9. The molecule has 0 unspecified atom stereocenters. The molecular weight excluding hydrogens is 1260 g/mol. The van der Waals surface area contributed by atoms with E-state index >= 15 is 19.2 Å². The molecule has 1 aliphatic rings. The number of ketones is 4. The lowest BCUT2D eigenvalue weighted by Gasteiger charge is -2.41. The fraction of sp³-hybridized carbons (Fsp3) is 0.724. The zero-order valence-corrected chi connectivity index (χ0v) is 64.3. The van der Waals surface area contributed by atoms with E-state index in [0.717, 1.165) is 16.0 Å². The van der Waals surface area contributed by atoms with Gasteiger partial charge in [0.15, 0.2) is 17.3 Å². The van der Waals surface area contributed by atoms with Crippen LogP contribution in [0.1, 0.15) is 199 Å². The lowest BCUT2D eigenvalue weighted by atomic mass is 9.84. The fourth-order valence-electron chi connectivity index (χ4n) is 13.1. The highest BCUT2D eigenvalue weighted by atomic mass is 16.4. The molecule has 1 fully saturated rings. The molecule has 12 atom stereocenters. The number of carbonyl (C=O) groups excluding carboxylic acids is 12. The standard InChI is InChI=1S/C76H124N8O15/c1-25-54-40-64(88)68(69(92)50(15)27-26-49(14)55-30-28-53(29-31-55)39-56(85)32-33-66(90)91)84(24)76(99)67(48(12)13)83(23)75(98)61(37-46(8)9)82(22)74(97)60(36-45(6)7)81(21)71(94)52(17)77-70(93)51(16)38-62(86)59(35-44(4)5)80(20)73(96)57(47(10)11)41-63(87)58(34-43(2)3)79(19)65(89)42-78(18)72(54)95/h26,28-31,43-48,50-52,54,57-61,67-69,92H,25,27,32-42H2,1-24H3,(H,77,93)(H,90,91)/b49-26-/t50-,51-,52-,54-,57+,58+,59+,60+,61+,67+,68-,69-/m1/s1. The third-order valence-electron chi connectivity index (χ3n) is 19.5. The van der Waals surface area contributed by atoms with Crippen LogP contribution in [0.5, 0.6) is 0 Å². The van der Waals surface area contributed by atoms with Crippen LogP contribution in [0.15, 0.2) is 30.3 Å². The molecular formula is C76H124N8O15. The number of aliphatic hydroxyl groups is 1. The van der Waals surface area contributed by atoms with Crippen molar-refractivity contribution < 1.29 is 72.5 Å². The van der Waals surface area contributed by atoms with Crippen molar-refractivity contribution in [2.45, 2.75) is 243 Å². The van der Waals surface area contributed by atoms with Crippen LogP contribution >= 0.6 is 0 Å². The quantitative estimate of drug-likeness (QED) is 0.105. The molecule has 99 heavy (non-hydrogen) atoms. The number of allylic oxidation sites excluding steroid dienone is 2. The van der Waals surface area contributed by atoms with Gasteiger partial charge in [0.25, 0.3) is 0 Å². The Kier molecular flexibility index (Phi) is 35.8. The van der Waals surface area contributed by atoms with Gasteiger partial charge in [-0.25, -0.2) is 0 Å². The van der Waals surface area contributed by atoms with Crippen LogP contribution in [0.3, 0.4) is 0 Å². The molecule has 3 N–H and O–H groups in total. The summed E-state index contributed by atoms with van der Waals surface area (Å²) in [5.74, 6) is -12.9. The van der Waals surface area contributed by atoms with E-state index in [1.165, 1.54) is 85.7 Å². The van der Waals surface area contributed by atoms with E-state index in [9.17, 15) is 48.3 Å². The van der Waals surface area contributed by atoms with Crippen molar-refractivity contribution in [3.63, 3.8) is 0 Å². The van der Waals surface area contributed by atoms with E-state index in [1.807, 2.05) is 80.5 Å². The fourth-order valence-corrected chi connectivity index (χ4v) is 13.1. The first-order valence-electron chi connectivity index (χ1n) is 35.7. The van der Waals surface area contributed by atoms with Crippen LogP contribution in [0.2, 0.25) is 0 Å². The monoisotopic (exact) mass is 1390 g/mol. The van der Waals surface area contributed by atoms with Crippen LogP contribution in [0.25, 0.3) is 5.57 Å². The van der Waals surface area contributed by atoms with Gasteiger partial charge in [-0.2, -0.15) is 0 Å². The third-order valence-corrected chi connectivity index (χ3v) is 19.5. The summed E-state index contributed by atoms with van der Waals surface area (Å²) in [6.07, 6.45) is -0.0862. The van der Waals surface area contributed by atoms with Crippen molar-refractivity contribution in [2.24, 2.45) is 59.2 Å². The maximum Gasteiger partial charge on any atom is 0.303 e. The van der Waals surface area contributed by atoms with Gasteiger partial charge in [0.1, 0.15) is 36.0 Å². The Bertz CT molecular complexity index is 2990. The Labute approximate surface area is 591 Å². The van der Waals surface area contributed by atoms with Crippen LogP contribution in [-0.4, -0.2) is 225 Å². The molecule has 0 aromatic heterocycles. The number of carbonyl (C=O) groups is 13. The van der Waals surface area contributed by atoms with Crippen molar-refractivity contribution in [3.8, 4) is 0 Å². The molecule has 558 valence electrons. The number of nitrogens with zero attached hydrogens (tertiary/aromatic N) is 7. The first kappa shape index (κ1) is 87.9. The van der Waals surface area contributed by atoms with Crippen LogP contribution < -0.4 is 5.32 Å².